The molecular formula is C15H13BrINOS. The minimum absolute atomic E-state index is 0.202. The molecule has 1 amide bonds. The first-order chi connectivity index (χ1) is 9.56. The Kier molecular flexibility index (Phi) is 4.19. The molecular weight excluding hydrogens is 449 g/mol. The Hall–Kier alpha value is -0.400. The van der Waals surface area contributed by atoms with E-state index in [2.05, 4.69) is 68.2 Å². The Balaban J connectivity index is 1.95. The molecule has 5 heteroatoms. The summed E-state index contributed by atoms with van der Waals surface area (Å²) < 4.78 is 1.30. The van der Waals surface area contributed by atoms with E-state index in [1.807, 2.05) is 7.05 Å². The van der Waals surface area contributed by atoms with E-state index in [1.54, 1.807) is 16.2 Å². The van der Waals surface area contributed by atoms with E-state index >= 15 is 0 Å². The van der Waals surface area contributed by atoms with Gasteiger partial charge in [-0.2, -0.15) is 0 Å². The highest BCUT2D eigenvalue weighted by Gasteiger charge is 2.22. The van der Waals surface area contributed by atoms with Crippen LogP contribution in [0, 0.1) is 2.88 Å². The molecule has 1 aliphatic heterocycles. The van der Waals surface area contributed by atoms with E-state index in [4.69, 9.17) is 0 Å². The lowest BCUT2D eigenvalue weighted by Crippen LogP contribution is -2.31. The van der Waals surface area contributed by atoms with Gasteiger partial charge < -0.3 is 4.90 Å². The molecule has 20 heavy (non-hydrogen) atoms. The van der Waals surface area contributed by atoms with Crippen molar-refractivity contribution in [3.8, 4) is 0 Å². The van der Waals surface area contributed by atoms with Gasteiger partial charge in [-0.3, -0.25) is 4.79 Å². The molecule has 0 bridgehead atoms. The van der Waals surface area contributed by atoms with Gasteiger partial charge in [0.1, 0.15) is 0 Å². The van der Waals surface area contributed by atoms with E-state index in [1.165, 1.54) is 19.6 Å². The average molecular weight is 462 g/mol. The number of benzene rings is 1. The SMILES string of the molecule is CN1C(=O)CCc2cc(C(Br)c3csc(I)c3)ccc21. The van der Waals surface area contributed by atoms with E-state index in [-0.39, 0.29) is 10.7 Å². The smallest absolute Gasteiger partial charge is 0.227 e. The molecule has 2 heterocycles. The maximum Gasteiger partial charge on any atom is 0.227 e. The van der Waals surface area contributed by atoms with Gasteiger partial charge in [-0.1, -0.05) is 28.1 Å². The molecule has 0 saturated carbocycles. The number of carbonyl (C=O) groups excluding carboxylic acids is 1. The Labute approximate surface area is 144 Å². The van der Waals surface area contributed by atoms with Crippen LogP contribution in [0.2, 0.25) is 0 Å². The molecule has 1 aromatic heterocycles. The van der Waals surface area contributed by atoms with Crippen LogP contribution in [-0.4, -0.2) is 13.0 Å². The van der Waals surface area contributed by atoms with Crippen molar-refractivity contribution in [1.82, 2.24) is 0 Å². The molecule has 1 aromatic carbocycles. The lowest BCUT2D eigenvalue weighted by Gasteiger charge is -2.26. The van der Waals surface area contributed by atoms with E-state index in [0.29, 0.717) is 6.42 Å². The van der Waals surface area contributed by atoms with Crippen LogP contribution < -0.4 is 4.90 Å². The molecule has 1 unspecified atom stereocenters. The fourth-order valence-electron chi connectivity index (χ4n) is 2.48. The van der Waals surface area contributed by atoms with E-state index < -0.39 is 0 Å². The molecule has 104 valence electrons. The van der Waals surface area contributed by atoms with Gasteiger partial charge in [-0.25, -0.2) is 0 Å². The first-order valence-corrected chi connectivity index (χ1v) is 9.21. The molecule has 3 rings (SSSR count). The monoisotopic (exact) mass is 461 g/mol. The fourth-order valence-corrected chi connectivity index (χ4v) is 4.60. The Morgan fingerprint density at radius 2 is 2.10 bits per heavy atom. The largest absolute Gasteiger partial charge is 0.315 e. The summed E-state index contributed by atoms with van der Waals surface area (Å²) in [5.74, 6) is 0.202. The van der Waals surface area contributed by atoms with Gasteiger partial charge in [0.2, 0.25) is 5.91 Å². The highest BCUT2D eigenvalue weighted by Crippen LogP contribution is 2.37. The molecule has 0 radical (unpaired) electrons. The average Bonchev–Trinajstić information content (AvgIpc) is 2.88. The summed E-state index contributed by atoms with van der Waals surface area (Å²) >= 11 is 7.89. The van der Waals surface area contributed by atoms with Crippen molar-refractivity contribution < 1.29 is 4.79 Å². The third kappa shape index (κ3) is 2.67. The zero-order valence-electron chi connectivity index (χ0n) is 10.9. The summed E-state index contributed by atoms with van der Waals surface area (Å²) in [4.78, 5) is 13.7. The summed E-state index contributed by atoms with van der Waals surface area (Å²) in [6.45, 7) is 0. The van der Waals surface area contributed by atoms with Crippen molar-refractivity contribution in [2.75, 3.05) is 11.9 Å². The highest BCUT2D eigenvalue weighted by atomic mass is 127. The number of alkyl halides is 1. The van der Waals surface area contributed by atoms with Crippen LogP contribution in [0.25, 0.3) is 0 Å². The Morgan fingerprint density at radius 1 is 1.30 bits per heavy atom. The number of halogens is 2. The molecule has 2 aromatic rings. The lowest BCUT2D eigenvalue weighted by molar-refractivity contribution is -0.118. The van der Waals surface area contributed by atoms with Gasteiger partial charge >= 0.3 is 0 Å². The quantitative estimate of drug-likeness (QED) is 0.467. The van der Waals surface area contributed by atoms with Gasteiger partial charge in [0, 0.05) is 19.2 Å². The summed E-state index contributed by atoms with van der Waals surface area (Å²) in [6.07, 6.45) is 1.45. The van der Waals surface area contributed by atoms with Crippen LogP contribution >= 0.6 is 49.9 Å². The normalized spacial score (nSPS) is 16.1. The number of aryl methyl sites for hydroxylation is 1. The Morgan fingerprint density at radius 3 is 2.80 bits per heavy atom. The molecule has 0 spiro atoms. The van der Waals surface area contributed by atoms with Crippen molar-refractivity contribution >= 4 is 61.5 Å². The zero-order chi connectivity index (χ0) is 14.3. The molecule has 1 aliphatic rings. The zero-order valence-corrected chi connectivity index (χ0v) is 15.5. The number of anilines is 1. The maximum atomic E-state index is 11.7. The topological polar surface area (TPSA) is 20.3 Å². The lowest BCUT2D eigenvalue weighted by atomic mass is 9.97. The molecule has 0 saturated heterocycles. The van der Waals surface area contributed by atoms with Crippen molar-refractivity contribution in [2.24, 2.45) is 0 Å². The molecule has 0 fully saturated rings. The van der Waals surface area contributed by atoms with Gasteiger partial charge in [0.25, 0.3) is 0 Å². The van der Waals surface area contributed by atoms with Crippen molar-refractivity contribution in [3.05, 3.63) is 49.2 Å². The highest BCUT2D eigenvalue weighted by molar-refractivity contribution is 14.1. The van der Waals surface area contributed by atoms with Crippen LogP contribution in [0.4, 0.5) is 5.69 Å². The second kappa shape index (κ2) is 5.77. The minimum Gasteiger partial charge on any atom is -0.315 e. The first kappa shape index (κ1) is 14.5. The molecule has 0 aliphatic carbocycles. The summed E-state index contributed by atoms with van der Waals surface area (Å²) in [5.41, 5.74) is 4.85. The number of nitrogens with zero attached hydrogens (tertiary/aromatic N) is 1. The van der Waals surface area contributed by atoms with Crippen LogP contribution in [0.5, 0.6) is 0 Å². The third-order valence-electron chi connectivity index (χ3n) is 3.62. The van der Waals surface area contributed by atoms with E-state index in [9.17, 15) is 4.79 Å². The number of amides is 1. The number of hydrogen-bond acceptors (Lipinski definition) is 2. The number of hydrogen-bond donors (Lipinski definition) is 0. The van der Waals surface area contributed by atoms with Crippen LogP contribution in [-0.2, 0) is 11.2 Å². The summed E-state index contributed by atoms with van der Waals surface area (Å²) in [5, 5.41) is 2.19. The molecule has 0 N–H and O–H groups in total. The fraction of sp³-hybridized carbons (Fsp3) is 0.267. The van der Waals surface area contributed by atoms with Crippen molar-refractivity contribution in [2.45, 2.75) is 17.7 Å². The van der Waals surface area contributed by atoms with Crippen molar-refractivity contribution in [1.29, 1.82) is 0 Å². The van der Waals surface area contributed by atoms with E-state index in [0.717, 1.165) is 12.1 Å². The second-order valence-electron chi connectivity index (χ2n) is 4.89. The molecule has 1 atom stereocenters. The van der Waals surface area contributed by atoms with Crippen LogP contribution in [0.1, 0.15) is 27.9 Å². The van der Waals surface area contributed by atoms with Gasteiger partial charge in [-0.15, -0.1) is 11.3 Å². The first-order valence-electron chi connectivity index (χ1n) is 6.33. The number of fused-ring (bicyclic) bond motifs is 1. The predicted molar refractivity (Wildman–Crippen MR) is 96.0 cm³/mol. The third-order valence-corrected chi connectivity index (χ3v) is 6.48. The Bertz CT molecular complexity index is 670. The van der Waals surface area contributed by atoms with Crippen molar-refractivity contribution in [3.63, 3.8) is 0 Å². The second-order valence-corrected chi connectivity index (χ2v) is 8.61. The minimum atomic E-state index is 0.202. The van der Waals surface area contributed by atoms with Gasteiger partial charge in [0.05, 0.1) is 7.71 Å². The summed E-state index contributed by atoms with van der Waals surface area (Å²) in [6, 6.07) is 8.60. The number of carbonyl (C=O) groups is 1. The standard InChI is InChI=1S/C15H13BrINOS/c1-18-12-4-2-10(6-9(12)3-5-14(18)19)15(16)11-7-13(17)20-8-11/h2,4,6-8,15H,3,5H2,1H3. The number of thiophene rings is 1. The van der Waals surface area contributed by atoms with Gasteiger partial charge in [-0.05, 0) is 63.2 Å². The predicted octanol–water partition coefficient (Wildman–Crippen LogP) is 4.75. The molecule has 2 nitrogen and oxygen atoms in total. The van der Waals surface area contributed by atoms with Crippen LogP contribution in [0.15, 0.2) is 29.6 Å². The number of rotatable bonds is 2. The van der Waals surface area contributed by atoms with Crippen LogP contribution in [0.3, 0.4) is 0 Å². The summed E-state index contributed by atoms with van der Waals surface area (Å²) in [7, 11) is 1.85. The van der Waals surface area contributed by atoms with Gasteiger partial charge in [0.15, 0.2) is 0 Å². The maximum absolute atomic E-state index is 11.7.